The van der Waals surface area contributed by atoms with E-state index in [1.165, 1.54) is 35.0 Å². The van der Waals surface area contributed by atoms with E-state index in [9.17, 15) is 14.9 Å². The number of nitro benzene ring substituents is 1. The van der Waals surface area contributed by atoms with Crippen LogP contribution in [0.2, 0.25) is 5.02 Å². The zero-order chi connectivity index (χ0) is 23.8. The molecule has 0 saturated carbocycles. The highest BCUT2D eigenvalue weighted by Crippen LogP contribution is 2.31. The van der Waals surface area contributed by atoms with Gasteiger partial charge >= 0.3 is 0 Å². The van der Waals surface area contributed by atoms with Crippen molar-refractivity contribution in [3.8, 4) is 11.3 Å². The molecule has 3 heterocycles. The number of nitrogens with zero attached hydrogens (tertiary/aromatic N) is 4. The SMILES string of the molecule is N=C1/C(=C/c2ccc(-c3cccc([N+](=O)[O-])c3)o2)C(=O)N=C2SC(Cc3ccc(Cl)cc3)=NN12. The average molecular weight is 492 g/mol. The maximum absolute atomic E-state index is 12.6. The van der Waals surface area contributed by atoms with Gasteiger partial charge in [-0.05, 0) is 47.7 Å². The number of fused-ring (bicyclic) bond motifs is 1. The second kappa shape index (κ2) is 8.73. The summed E-state index contributed by atoms with van der Waals surface area (Å²) in [4.78, 5) is 27.3. The Balaban J connectivity index is 1.38. The molecule has 0 radical (unpaired) electrons. The number of non-ortho nitro benzene ring substituents is 1. The zero-order valence-corrected chi connectivity index (χ0v) is 18.8. The number of nitro groups is 1. The molecule has 1 aromatic heterocycles. The molecule has 0 fully saturated rings. The lowest BCUT2D eigenvalue weighted by molar-refractivity contribution is -0.384. The van der Waals surface area contributed by atoms with Crippen LogP contribution in [0.1, 0.15) is 11.3 Å². The summed E-state index contributed by atoms with van der Waals surface area (Å²) < 4.78 is 5.76. The number of furan rings is 1. The number of thioether (sulfide) groups is 1. The number of carbonyl (C=O) groups excluding carboxylic acids is 1. The number of hydrogen-bond acceptors (Lipinski definition) is 7. The molecule has 1 N–H and O–H groups in total. The standard InChI is InChI=1S/C23H14ClN5O4S/c24-15-6-4-13(5-7-15)10-20-27-28-21(25)18(22(30)26-23(28)34-20)12-17-8-9-19(33-17)14-2-1-3-16(11-14)29(31)32/h1-9,11-12,25H,10H2/b18-12-,25-21?. The summed E-state index contributed by atoms with van der Waals surface area (Å²) in [7, 11) is 0. The van der Waals surface area contributed by atoms with Gasteiger partial charge in [0.15, 0.2) is 5.84 Å². The fourth-order valence-corrected chi connectivity index (χ4v) is 4.43. The van der Waals surface area contributed by atoms with Gasteiger partial charge in [0.2, 0.25) is 5.17 Å². The summed E-state index contributed by atoms with van der Waals surface area (Å²) in [5.74, 6) is 0.0295. The minimum atomic E-state index is -0.569. The molecule has 2 aliphatic rings. The Morgan fingerprint density at radius 2 is 1.97 bits per heavy atom. The fraction of sp³-hybridized carbons (Fsp3) is 0.0435. The summed E-state index contributed by atoms with van der Waals surface area (Å²) in [5, 5.41) is 27.0. The van der Waals surface area contributed by atoms with Gasteiger partial charge in [0, 0.05) is 29.1 Å². The van der Waals surface area contributed by atoms with Crippen LogP contribution in [0.25, 0.3) is 17.4 Å². The van der Waals surface area contributed by atoms with Crippen molar-refractivity contribution < 1.29 is 14.1 Å². The Hall–Kier alpha value is -4.02. The van der Waals surface area contributed by atoms with Crippen LogP contribution < -0.4 is 0 Å². The molecule has 168 valence electrons. The highest BCUT2D eigenvalue weighted by molar-refractivity contribution is 8.26. The minimum absolute atomic E-state index is 0.0285. The molecule has 1 amide bonds. The maximum atomic E-state index is 12.6. The third kappa shape index (κ3) is 4.28. The molecule has 0 saturated heterocycles. The average Bonchev–Trinajstić information content (AvgIpc) is 3.45. The van der Waals surface area contributed by atoms with E-state index in [-0.39, 0.29) is 17.1 Å². The van der Waals surface area contributed by atoms with Gasteiger partial charge in [-0.3, -0.25) is 20.3 Å². The van der Waals surface area contributed by atoms with Crippen LogP contribution in [-0.2, 0) is 11.2 Å². The molecule has 0 atom stereocenters. The van der Waals surface area contributed by atoms with Gasteiger partial charge < -0.3 is 4.42 Å². The predicted molar refractivity (Wildman–Crippen MR) is 131 cm³/mol. The fourth-order valence-electron chi connectivity index (χ4n) is 3.38. The maximum Gasteiger partial charge on any atom is 0.283 e. The van der Waals surface area contributed by atoms with Gasteiger partial charge in [-0.1, -0.05) is 35.9 Å². The first-order valence-electron chi connectivity index (χ1n) is 9.95. The first-order chi connectivity index (χ1) is 16.4. The number of rotatable bonds is 5. The van der Waals surface area contributed by atoms with E-state index in [1.807, 2.05) is 12.1 Å². The summed E-state index contributed by atoms with van der Waals surface area (Å²) in [6, 6.07) is 16.7. The molecular weight excluding hydrogens is 478 g/mol. The van der Waals surface area contributed by atoms with Gasteiger partial charge in [-0.15, -0.1) is 0 Å². The number of nitrogens with one attached hydrogen (secondary N) is 1. The van der Waals surface area contributed by atoms with E-state index in [1.54, 1.807) is 36.4 Å². The first-order valence-corrected chi connectivity index (χ1v) is 11.1. The van der Waals surface area contributed by atoms with Crippen LogP contribution in [0.15, 0.2) is 80.7 Å². The monoisotopic (exact) mass is 491 g/mol. The van der Waals surface area contributed by atoms with Gasteiger partial charge in [0.1, 0.15) is 16.6 Å². The van der Waals surface area contributed by atoms with E-state index in [2.05, 4.69) is 10.1 Å². The smallest absolute Gasteiger partial charge is 0.283 e. The van der Waals surface area contributed by atoms with E-state index < -0.39 is 10.8 Å². The number of halogens is 1. The number of amidine groups is 2. The molecule has 0 spiro atoms. The van der Waals surface area contributed by atoms with Crippen molar-refractivity contribution in [3.63, 3.8) is 0 Å². The van der Waals surface area contributed by atoms with Crippen LogP contribution in [0.5, 0.6) is 0 Å². The molecule has 2 aromatic carbocycles. The zero-order valence-electron chi connectivity index (χ0n) is 17.3. The van der Waals surface area contributed by atoms with Gasteiger partial charge in [-0.25, -0.2) is 0 Å². The van der Waals surface area contributed by atoms with Crippen molar-refractivity contribution in [3.05, 3.63) is 92.7 Å². The molecule has 9 nitrogen and oxygen atoms in total. The summed E-state index contributed by atoms with van der Waals surface area (Å²) in [6.45, 7) is 0. The number of hydrazone groups is 1. The Labute approximate surface area is 202 Å². The number of hydrogen-bond donors (Lipinski definition) is 1. The molecular formula is C23H14ClN5O4S. The van der Waals surface area contributed by atoms with Crippen molar-refractivity contribution in [2.75, 3.05) is 0 Å². The summed E-state index contributed by atoms with van der Waals surface area (Å²) in [5.41, 5.74) is 1.49. The van der Waals surface area contributed by atoms with E-state index in [0.717, 1.165) is 5.56 Å². The number of aliphatic imine (C=N–C) groups is 1. The summed E-state index contributed by atoms with van der Waals surface area (Å²) >= 11 is 7.17. The molecule has 0 unspecified atom stereocenters. The molecule has 2 aliphatic heterocycles. The number of carbonyl (C=O) groups is 1. The van der Waals surface area contributed by atoms with Crippen LogP contribution >= 0.6 is 23.4 Å². The van der Waals surface area contributed by atoms with E-state index >= 15 is 0 Å². The number of benzene rings is 2. The highest BCUT2D eigenvalue weighted by atomic mass is 35.5. The van der Waals surface area contributed by atoms with E-state index in [0.29, 0.717) is 38.7 Å². The summed E-state index contributed by atoms with van der Waals surface area (Å²) in [6.07, 6.45) is 1.94. The molecule has 5 rings (SSSR count). The molecule has 0 bridgehead atoms. The Morgan fingerprint density at radius 1 is 1.18 bits per heavy atom. The van der Waals surface area contributed by atoms with Gasteiger partial charge in [-0.2, -0.15) is 15.1 Å². The largest absolute Gasteiger partial charge is 0.457 e. The van der Waals surface area contributed by atoms with Crippen LogP contribution in [0, 0.1) is 15.5 Å². The van der Waals surface area contributed by atoms with Crippen molar-refractivity contribution in [2.24, 2.45) is 10.1 Å². The van der Waals surface area contributed by atoms with Crippen molar-refractivity contribution in [1.29, 1.82) is 5.41 Å². The van der Waals surface area contributed by atoms with Crippen molar-refractivity contribution >= 4 is 57.1 Å². The Bertz CT molecular complexity index is 1440. The Kier molecular flexibility index (Phi) is 5.60. The van der Waals surface area contributed by atoms with Gasteiger partial charge in [0.05, 0.1) is 10.5 Å². The van der Waals surface area contributed by atoms with Crippen molar-refractivity contribution in [2.45, 2.75) is 6.42 Å². The lowest BCUT2D eigenvalue weighted by Crippen LogP contribution is -2.35. The lowest BCUT2D eigenvalue weighted by Gasteiger charge is -2.19. The third-order valence-corrected chi connectivity index (χ3v) is 6.18. The van der Waals surface area contributed by atoms with Crippen LogP contribution in [-0.4, -0.2) is 31.9 Å². The first kappa shape index (κ1) is 21.8. The van der Waals surface area contributed by atoms with Crippen LogP contribution in [0.4, 0.5) is 5.69 Å². The van der Waals surface area contributed by atoms with Crippen molar-refractivity contribution in [1.82, 2.24) is 5.01 Å². The molecule has 3 aromatic rings. The van der Waals surface area contributed by atoms with Gasteiger partial charge in [0.25, 0.3) is 11.6 Å². The third-order valence-electron chi connectivity index (χ3n) is 5.02. The normalized spacial score (nSPS) is 16.5. The lowest BCUT2D eigenvalue weighted by atomic mass is 10.1. The second-order valence-corrected chi connectivity index (χ2v) is 8.80. The second-order valence-electron chi connectivity index (χ2n) is 7.33. The minimum Gasteiger partial charge on any atom is -0.457 e. The molecule has 0 aliphatic carbocycles. The Morgan fingerprint density at radius 3 is 2.74 bits per heavy atom. The molecule has 11 heteroatoms. The van der Waals surface area contributed by atoms with E-state index in [4.69, 9.17) is 21.4 Å². The van der Waals surface area contributed by atoms with Crippen LogP contribution in [0.3, 0.4) is 0 Å². The number of amides is 1. The molecule has 34 heavy (non-hydrogen) atoms. The quantitative estimate of drug-likeness (QED) is 0.290. The predicted octanol–water partition coefficient (Wildman–Crippen LogP) is 5.37. The topological polar surface area (TPSA) is 125 Å². The highest BCUT2D eigenvalue weighted by Gasteiger charge is 2.35.